The molecule has 9 heteroatoms. The molecule has 3 N–H and O–H groups in total. The van der Waals surface area contributed by atoms with Gasteiger partial charge in [-0.3, -0.25) is 25.2 Å². The van der Waals surface area contributed by atoms with Crippen molar-refractivity contribution in [3.05, 3.63) is 64.7 Å². The number of hydrogen-bond donors (Lipinski definition) is 3. The predicted molar refractivity (Wildman–Crippen MR) is 118 cm³/mol. The number of carbonyl (C=O) groups excluding carboxylic acids is 3. The fourth-order valence-electron chi connectivity index (χ4n) is 2.90. The zero-order chi connectivity index (χ0) is 21.3. The fourth-order valence-corrected chi connectivity index (χ4v) is 4.80. The number of hydrazine groups is 1. The molecule has 4 rings (SSSR count). The van der Waals surface area contributed by atoms with E-state index in [9.17, 15) is 14.4 Å². The lowest BCUT2D eigenvalue weighted by Gasteiger charge is -2.21. The van der Waals surface area contributed by atoms with Gasteiger partial charge in [0.15, 0.2) is 0 Å². The van der Waals surface area contributed by atoms with E-state index in [1.165, 1.54) is 23.1 Å². The maximum atomic E-state index is 12.5. The van der Waals surface area contributed by atoms with E-state index in [0.29, 0.717) is 21.8 Å². The van der Waals surface area contributed by atoms with Crippen molar-refractivity contribution in [2.75, 3.05) is 5.32 Å². The van der Waals surface area contributed by atoms with Crippen LogP contribution in [0.5, 0.6) is 0 Å². The number of benzene rings is 2. The average molecular weight is 439 g/mol. The second kappa shape index (κ2) is 8.29. The van der Waals surface area contributed by atoms with Crippen LogP contribution in [0, 0.1) is 6.92 Å². The Labute approximate surface area is 181 Å². The van der Waals surface area contributed by atoms with Crippen molar-refractivity contribution in [1.29, 1.82) is 0 Å². The van der Waals surface area contributed by atoms with E-state index < -0.39 is 11.8 Å². The van der Waals surface area contributed by atoms with Gasteiger partial charge in [0.25, 0.3) is 11.8 Å². The van der Waals surface area contributed by atoms with E-state index in [-0.39, 0.29) is 11.2 Å². The first-order valence-electron chi connectivity index (χ1n) is 9.17. The molecule has 0 spiro atoms. The molecule has 1 aromatic heterocycles. The number of aromatic nitrogens is 1. The van der Waals surface area contributed by atoms with Crippen molar-refractivity contribution in [3.8, 4) is 10.6 Å². The van der Waals surface area contributed by atoms with Crippen LogP contribution in [-0.2, 0) is 4.79 Å². The summed E-state index contributed by atoms with van der Waals surface area (Å²) >= 11 is 2.70. The monoisotopic (exact) mass is 438 g/mol. The number of nitrogens with one attached hydrogen (secondary N) is 3. The van der Waals surface area contributed by atoms with Crippen LogP contribution < -0.4 is 16.2 Å². The lowest BCUT2D eigenvalue weighted by Crippen LogP contribution is -2.41. The summed E-state index contributed by atoms with van der Waals surface area (Å²) in [6.07, 6.45) is 0. The summed E-state index contributed by atoms with van der Waals surface area (Å²) in [5, 5.41) is 3.34. The Morgan fingerprint density at radius 3 is 2.57 bits per heavy atom. The molecular weight excluding hydrogens is 420 g/mol. The van der Waals surface area contributed by atoms with Crippen molar-refractivity contribution in [1.82, 2.24) is 15.8 Å². The molecule has 3 amide bonds. The van der Waals surface area contributed by atoms with E-state index in [1.54, 1.807) is 25.1 Å². The Morgan fingerprint density at radius 2 is 1.80 bits per heavy atom. The second-order valence-electron chi connectivity index (χ2n) is 6.67. The van der Waals surface area contributed by atoms with Crippen LogP contribution in [0.4, 0.5) is 5.69 Å². The molecule has 0 fully saturated rings. The predicted octanol–water partition coefficient (Wildman–Crippen LogP) is 3.63. The first-order chi connectivity index (χ1) is 14.4. The number of carbonyl (C=O) groups is 3. The molecule has 0 aliphatic carbocycles. The van der Waals surface area contributed by atoms with Gasteiger partial charge >= 0.3 is 0 Å². The fraction of sp³-hybridized carbons (Fsp3) is 0.143. The lowest BCUT2D eigenvalue weighted by molar-refractivity contribution is -0.115. The molecule has 3 aromatic rings. The van der Waals surface area contributed by atoms with E-state index in [1.807, 2.05) is 37.3 Å². The van der Waals surface area contributed by atoms with Gasteiger partial charge < -0.3 is 5.32 Å². The summed E-state index contributed by atoms with van der Waals surface area (Å²) in [6.45, 7) is 3.58. The third-order valence-corrected chi connectivity index (χ3v) is 6.87. The minimum absolute atomic E-state index is 0.103. The van der Waals surface area contributed by atoms with Crippen LogP contribution in [0.2, 0.25) is 0 Å². The minimum atomic E-state index is -0.477. The molecule has 1 atom stereocenters. The molecule has 0 bridgehead atoms. The standard InChI is InChI=1S/C21H18N4O3S2/c1-11-17(30-21(22-11)13-6-4-3-5-7-13)20(28)25-24-19(27)14-8-9-16-15(10-14)23-18(26)12(2)29-16/h3-10,12H,1-2H3,(H,23,26)(H,24,27)(H,25,28)/t12-/m0/s1. The zero-order valence-corrected chi connectivity index (χ0v) is 17.8. The normalized spacial score (nSPS) is 15.1. The van der Waals surface area contributed by atoms with Gasteiger partial charge in [0, 0.05) is 16.0 Å². The third-order valence-electron chi connectivity index (χ3n) is 4.49. The van der Waals surface area contributed by atoms with Crippen LogP contribution in [0.1, 0.15) is 32.6 Å². The minimum Gasteiger partial charge on any atom is -0.324 e. The Bertz CT molecular complexity index is 1140. The summed E-state index contributed by atoms with van der Waals surface area (Å²) in [4.78, 5) is 42.6. The molecule has 7 nitrogen and oxygen atoms in total. The summed E-state index contributed by atoms with van der Waals surface area (Å²) in [5.41, 5.74) is 7.30. The van der Waals surface area contributed by atoms with Gasteiger partial charge in [-0.2, -0.15) is 0 Å². The molecule has 30 heavy (non-hydrogen) atoms. The summed E-state index contributed by atoms with van der Waals surface area (Å²) in [5.74, 6) is -1.01. The molecule has 0 unspecified atom stereocenters. The number of anilines is 1. The molecule has 152 valence electrons. The van der Waals surface area contributed by atoms with Crippen LogP contribution in [0.15, 0.2) is 53.4 Å². The van der Waals surface area contributed by atoms with Crippen LogP contribution in [-0.4, -0.2) is 28.0 Å². The molecule has 1 aliphatic rings. The van der Waals surface area contributed by atoms with E-state index in [4.69, 9.17) is 0 Å². The smallest absolute Gasteiger partial charge is 0.281 e. The highest BCUT2D eigenvalue weighted by Crippen LogP contribution is 2.35. The number of fused-ring (bicyclic) bond motifs is 1. The first-order valence-corrected chi connectivity index (χ1v) is 10.9. The second-order valence-corrected chi connectivity index (χ2v) is 9.05. The van der Waals surface area contributed by atoms with Crippen molar-refractivity contribution in [2.45, 2.75) is 24.0 Å². The van der Waals surface area contributed by atoms with Crippen LogP contribution in [0.25, 0.3) is 10.6 Å². The number of amides is 3. The van der Waals surface area contributed by atoms with Gasteiger partial charge in [0.2, 0.25) is 5.91 Å². The van der Waals surface area contributed by atoms with Gasteiger partial charge in [-0.1, -0.05) is 30.3 Å². The largest absolute Gasteiger partial charge is 0.324 e. The number of nitrogens with zero attached hydrogens (tertiary/aromatic N) is 1. The Morgan fingerprint density at radius 1 is 1.07 bits per heavy atom. The van der Waals surface area contributed by atoms with Crippen molar-refractivity contribution in [3.63, 3.8) is 0 Å². The molecule has 0 saturated carbocycles. The van der Waals surface area contributed by atoms with Gasteiger partial charge in [-0.05, 0) is 32.0 Å². The Kier molecular flexibility index (Phi) is 5.56. The molecule has 0 saturated heterocycles. The van der Waals surface area contributed by atoms with Crippen molar-refractivity contribution in [2.24, 2.45) is 0 Å². The molecule has 0 radical (unpaired) electrons. The number of rotatable bonds is 3. The maximum absolute atomic E-state index is 12.5. The van der Waals surface area contributed by atoms with Gasteiger partial charge in [0.05, 0.1) is 16.6 Å². The highest BCUT2D eigenvalue weighted by molar-refractivity contribution is 8.00. The van der Waals surface area contributed by atoms with Gasteiger partial charge in [-0.25, -0.2) is 4.98 Å². The number of thiazole rings is 1. The van der Waals surface area contributed by atoms with Crippen molar-refractivity contribution < 1.29 is 14.4 Å². The lowest BCUT2D eigenvalue weighted by atomic mass is 10.2. The Hall–Kier alpha value is -3.17. The molecule has 1 aliphatic heterocycles. The van der Waals surface area contributed by atoms with Gasteiger partial charge in [-0.15, -0.1) is 23.1 Å². The maximum Gasteiger partial charge on any atom is 0.281 e. The highest BCUT2D eigenvalue weighted by atomic mass is 32.2. The van der Waals surface area contributed by atoms with E-state index in [0.717, 1.165) is 15.5 Å². The van der Waals surface area contributed by atoms with E-state index >= 15 is 0 Å². The van der Waals surface area contributed by atoms with Gasteiger partial charge in [0.1, 0.15) is 9.88 Å². The summed E-state index contributed by atoms with van der Waals surface area (Å²) in [7, 11) is 0. The van der Waals surface area contributed by atoms with Crippen LogP contribution in [0.3, 0.4) is 0 Å². The number of hydrogen-bond acceptors (Lipinski definition) is 6. The average Bonchev–Trinajstić information content (AvgIpc) is 3.14. The summed E-state index contributed by atoms with van der Waals surface area (Å²) < 4.78 is 0. The zero-order valence-electron chi connectivity index (χ0n) is 16.2. The first kappa shape index (κ1) is 20.1. The highest BCUT2D eigenvalue weighted by Gasteiger charge is 2.24. The molecule has 2 aromatic carbocycles. The SMILES string of the molecule is Cc1nc(-c2ccccc2)sc1C(=O)NNC(=O)c1ccc2c(c1)NC(=O)[C@H](C)S2. The van der Waals surface area contributed by atoms with Crippen molar-refractivity contribution >= 4 is 46.5 Å². The Balaban J connectivity index is 1.43. The van der Waals surface area contributed by atoms with Crippen LogP contribution >= 0.6 is 23.1 Å². The van der Waals surface area contributed by atoms with E-state index in [2.05, 4.69) is 21.2 Å². The molecule has 2 heterocycles. The third kappa shape index (κ3) is 4.07. The quantitative estimate of drug-likeness (QED) is 0.542. The molecular formula is C21H18N4O3S2. The number of aryl methyl sites for hydroxylation is 1. The topological polar surface area (TPSA) is 100 Å². The summed E-state index contributed by atoms with van der Waals surface area (Å²) in [6, 6.07) is 14.6. The number of thioether (sulfide) groups is 1.